The van der Waals surface area contributed by atoms with Crippen molar-refractivity contribution in [1.29, 1.82) is 0 Å². The van der Waals surface area contributed by atoms with Gasteiger partial charge in [0.25, 0.3) is 6.71 Å². The number of benzene rings is 10. The predicted octanol–water partition coefficient (Wildman–Crippen LogP) is 13.9. The van der Waals surface area contributed by atoms with Crippen molar-refractivity contribution < 1.29 is 0 Å². The van der Waals surface area contributed by atoms with E-state index in [2.05, 4.69) is 282 Å². The van der Waals surface area contributed by atoms with Gasteiger partial charge in [-0.3, -0.25) is 0 Å². The molecule has 2 aliphatic heterocycles. The van der Waals surface area contributed by atoms with Gasteiger partial charge in [-0.25, -0.2) is 0 Å². The van der Waals surface area contributed by atoms with Crippen LogP contribution in [0, 0.1) is 6.92 Å². The van der Waals surface area contributed by atoms with Gasteiger partial charge in [-0.05, 0) is 130 Å². The normalized spacial score (nSPS) is 12.5. The molecule has 0 unspecified atom stereocenters. The zero-order valence-electron chi connectivity index (χ0n) is 36.7. The second-order valence-corrected chi connectivity index (χ2v) is 17.4. The molecule has 0 aromatic heterocycles. The van der Waals surface area contributed by atoms with Gasteiger partial charge in [0.1, 0.15) is 0 Å². The predicted molar refractivity (Wildman–Crippen MR) is 278 cm³/mol. The summed E-state index contributed by atoms with van der Waals surface area (Å²) < 4.78 is 0. The van der Waals surface area contributed by atoms with Gasteiger partial charge in [-0.1, -0.05) is 181 Å². The van der Waals surface area contributed by atoms with Gasteiger partial charge in [0.2, 0.25) is 0 Å². The highest BCUT2D eigenvalue weighted by Gasteiger charge is 2.43. The van der Waals surface area contributed by atoms with E-state index >= 15 is 0 Å². The van der Waals surface area contributed by atoms with Crippen LogP contribution in [0.3, 0.4) is 0 Å². The third-order valence-corrected chi connectivity index (χ3v) is 13.6. The zero-order chi connectivity index (χ0) is 44.0. The summed E-state index contributed by atoms with van der Waals surface area (Å²) in [5.41, 5.74) is 19.9. The Balaban J connectivity index is 1.01. The molecule has 0 aliphatic carbocycles. The van der Waals surface area contributed by atoms with Gasteiger partial charge in [0.05, 0.1) is 5.41 Å². The average Bonchev–Trinajstić information content (AvgIpc) is 3.39. The van der Waals surface area contributed by atoms with E-state index < -0.39 is 5.41 Å². The fourth-order valence-electron chi connectivity index (χ4n) is 10.8. The van der Waals surface area contributed by atoms with E-state index in [0.29, 0.717) is 0 Å². The van der Waals surface area contributed by atoms with E-state index in [1.807, 2.05) is 0 Å². The van der Waals surface area contributed by atoms with Crippen LogP contribution in [0.4, 0.5) is 51.2 Å². The second-order valence-electron chi connectivity index (χ2n) is 17.4. The standard InChI is InChI=1S/C62H46BN3/c1-45-34-43-58-56(44-45)63-55-30-17-18-31-57(55)65(53-37-35-49(36-38-53)62(46-20-7-2-8-21-46,47-22-9-3-10-23-47)48-24-11-4-12-25-48)59-32-19-33-60(61(59)63)66(58)54-41-39-52(40-42-54)64(50-26-13-5-14-27-50)51-28-15-6-16-29-51/h2-44H,1H3. The van der Waals surface area contributed by atoms with Crippen molar-refractivity contribution in [3.05, 3.63) is 289 Å². The lowest BCUT2D eigenvalue weighted by Gasteiger charge is -2.44. The number of rotatable bonds is 9. The number of para-hydroxylation sites is 3. The first-order valence-corrected chi connectivity index (χ1v) is 22.9. The van der Waals surface area contributed by atoms with E-state index in [4.69, 9.17) is 0 Å². The van der Waals surface area contributed by atoms with Crippen molar-refractivity contribution in [3.63, 3.8) is 0 Å². The minimum atomic E-state index is -0.532. The number of hydrogen-bond acceptors (Lipinski definition) is 3. The van der Waals surface area contributed by atoms with Crippen LogP contribution in [0.5, 0.6) is 0 Å². The summed E-state index contributed by atoms with van der Waals surface area (Å²) >= 11 is 0. The number of aryl methyl sites for hydroxylation is 1. The van der Waals surface area contributed by atoms with Crippen molar-refractivity contribution in [3.8, 4) is 0 Å². The first-order valence-electron chi connectivity index (χ1n) is 22.9. The summed E-state index contributed by atoms with van der Waals surface area (Å²) in [5.74, 6) is 0. The Morgan fingerprint density at radius 2 is 0.727 bits per heavy atom. The van der Waals surface area contributed by atoms with E-state index in [9.17, 15) is 0 Å². The number of anilines is 9. The topological polar surface area (TPSA) is 9.72 Å². The molecule has 0 saturated heterocycles. The molecule has 10 aromatic rings. The Labute approximate surface area is 388 Å². The van der Waals surface area contributed by atoms with Crippen LogP contribution in [-0.4, -0.2) is 6.71 Å². The average molecular weight is 844 g/mol. The van der Waals surface area contributed by atoms with Gasteiger partial charge in [-0.2, -0.15) is 0 Å². The Morgan fingerprint density at radius 3 is 1.24 bits per heavy atom. The lowest BCUT2D eigenvalue weighted by molar-refractivity contribution is 0.745. The van der Waals surface area contributed by atoms with E-state index in [0.717, 1.165) is 28.4 Å². The molecular weight excluding hydrogens is 798 g/mol. The maximum absolute atomic E-state index is 2.49. The van der Waals surface area contributed by atoms with Gasteiger partial charge in [0, 0.05) is 51.2 Å². The minimum absolute atomic E-state index is 0.0573. The Hall–Kier alpha value is -8.34. The SMILES string of the molecule is Cc1ccc2c(c1)B1c3ccccc3N(c3ccc(C(c4ccccc4)(c4ccccc4)c4ccccc4)cc3)c3cccc(c31)N2c1ccc(N(c2ccccc2)c2ccccc2)cc1. The molecule has 12 rings (SSSR count). The molecule has 0 fully saturated rings. The molecule has 66 heavy (non-hydrogen) atoms. The fourth-order valence-corrected chi connectivity index (χ4v) is 10.8. The Kier molecular flexibility index (Phi) is 9.72. The molecular formula is C62H46BN3. The summed E-state index contributed by atoms with van der Waals surface area (Å²) in [6.45, 7) is 2.27. The molecule has 2 aliphatic rings. The van der Waals surface area contributed by atoms with E-state index in [1.165, 1.54) is 67.0 Å². The first-order chi connectivity index (χ1) is 32.7. The molecule has 2 heterocycles. The van der Waals surface area contributed by atoms with Gasteiger partial charge in [-0.15, -0.1) is 0 Å². The van der Waals surface area contributed by atoms with Crippen LogP contribution in [0.2, 0.25) is 0 Å². The smallest absolute Gasteiger partial charge is 0.252 e. The maximum Gasteiger partial charge on any atom is 0.252 e. The zero-order valence-corrected chi connectivity index (χ0v) is 36.7. The van der Waals surface area contributed by atoms with Crippen molar-refractivity contribution in [1.82, 2.24) is 0 Å². The maximum atomic E-state index is 2.49. The van der Waals surface area contributed by atoms with Crippen LogP contribution in [0.1, 0.15) is 27.8 Å². The van der Waals surface area contributed by atoms with Crippen LogP contribution in [0.25, 0.3) is 0 Å². The van der Waals surface area contributed by atoms with Gasteiger partial charge < -0.3 is 14.7 Å². The quantitative estimate of drug-likeness (QED) is 0.106. The van der Waals surface area contributed by atoms with Crippen molar-refractivity contribution in [2.75, 3.05) is 14.7 Å². The molecule has 0 saturated carbocycles. The second kappa shape index (κ2) is 16.3. The molecule has 0 bridgehead atoms. The third-order valence-electron chi connectivity index (χ3n) is 13.6. The Morgan fingerprint density at radius 1 is 0.333 bits per heavy atom. The van der Waals surface area contributed by atoms with Crippen LogP contribution in [0.15, 0.2) is 261 Å². The van der Waals surface area contributed by atoms with Crippen LogP contribution >= 0.6 is 0 Å². The molecule has 312 valence electrons. The van der Waals surface area contributed by atoms with Gasteiger partial charge in [0.15, 0.2) is 0 Å². The molecule has 4 heteroatoms. The molecule has 0 spiro atoms. The van der Waals surface area contributed by atoms with Crippen LogP contribution in [-0.2, 0) is 5.41 Å². The number of fused-ring (bicyclic) bond motifs is 4. The highest BCUT2D eigenvalue weighted by molar-refractivity contribution is 7.00. The van der Waals surface area contributed by atoms with Crippen molar-refractivity contribution in [2.45, 2.75) is 12.3 Å². The van der Waals surface area contributed by atoms with E-state index in [-0.39, 0.29) is 6.71 Å². The molecule has 0 radical (unpaired) electrons. The largest absolute Gasteiger partial charge is 0.311 e. The van der Waals surface area contributed by atoms with Crippen molar-refractivity contribution >= 4 is 74.3 Å². The van der Waals surface area contributed by atoms with Gasteiger partial charge >= 0.3 is 0 Å². The van der Waals surface area contributed by atoms with Crippen LogP contribution < -0.4 is 31.1 Å². The number of hydrogen-bond donors (Lipinski definition) is 0. The molecule has 0 amide bonds. The summed E-state index contributed by atoms with van der Waals surface area (Å²) in [5, 5.41) is 0. The Bertz CT molecular complexity index is 3170. The fraction of sp³-hybridized carbons (Fsp3) is 0.0323. The highest BCUT2D eigenvalue weighted by atomic mass is 15.2. The van der Waals surface area contributed by atoms with Crippen molar-refractivity contribution in [2.24, 2.45) is 0 Å². The highest BCUT2D eigenvalue weighted by Crippen LogP contribution is 2.48. The summed E-state index contributed by atoms with van der Waals surface area (Å²) in [6, 6.07) is 95.4. The monoisotopic (exact) mass is 843 g/mol. The molecule has 0 N–H and O–H groups in total. The lowest BCUT2D eigenvalue weighted by atomic mass is 9.33. The summed E-state index contributed by atoms with van der Waals surface area (Å²) in [7, 11) is 0. The third kappa shape index (κ3) is 6.36. The lowest BCUT2D eigenvalue weighted by Crippen LogP contribution is -2.61. The summed E-state index contributed by atoms with van der Waals surface area (Å²) in [6.07, 6.45) is 0. The molecule has 3 nitrogen and oxygen atoms in total. The number of nitrogens with zero attached hydrogens (tertiary/aromatic N) is 3. The minimum Gasteiger partial charge on any atom is -0.311 e. The summed E-state index contributed by atoms with van der Waals surface area (Å²) in [4.78, 5) is 7.29. The van der Waals surface area contributed by atoms with E-state index in [1.54, 1.807) is 0 Å². The first kappa shape index (κ1) is 39.3. The molecule has 10 aromatic carbocycles. The molecule has 0 atom stereocenters.